The Labute approximate surface area is 165 Å². The van der Waals surface area contributed by atoms with Crippen LogP contribution in [0, 0.1) is 17.2 Å². The normalized spacial score (nSPS) is 32.3. The quantitative estimate of drug-likeness (QED) is 0.779. The Morgan fingerprint density at radius 2 is 2.15 bits per heavy atom. The van der Waals surface area contributed by atoms with Crippen molar-refractivity contribution in [3.05, 3.63) is 23.1 Å². The van der Waals surface area contributed by atoms with Gasteiger partial charge in [-0.1, -0.05) is 11.6 Å². The molecule has 0 bridgehead atoms. The van der Waals surface area contributed by atoms with Crippen LogP contribution in [-0.4, -0.2) is 69.0 Å². The molecule has 2 saturated heterocycles. The molecule has 150 valence electrons. The first-order valence-corrected chi connectivity index (χ1v) is 10.4. The van der Waals surface area contributed by atoms with Gasteiger partial charge in [-0.25, -0.2) is 9.37 Å². The summed E-state index contributed by atoms with van der Waals surface area (Å²) in [5.74, 6) is 0.685. The smallest absolute Gasteiger partial charge is 0.167 e. The van der Waals surface area contributed by atoms with Gasteiger partial charge in [0.15, 0.2) is 11.6 Å². The van der Waals surface area contributed by atoms with E-state index in [1.807, 2.05) is 0 Å². The predicted octanol–water partition coefficient (Wildman–Crippen LogP) is 3.22. The zero-order valence-electron chi connectivity index (χ0n) is 16.0. The van der Waals surface area contributed by atoms with Gasteiger partial charge in [0.2, 0.25) is 0 Å². The zero-order valence-corrected chi connectivity index (χ0v) is 16.8. The van der Waals surface area contributed by atoms with Crippen molar-refractivity contribution in [3.63, 3.8) is 0 Å². The molecule has 0 N–H and O–H groups in total. The van der Waals surface area contributed by atoms with E-state index in [1.54, 1.807) is 7.11 Å². The van der Waals surface area contributed by atoms with E-state index < -0.39 is 0 Å². The van der Waals surface area contributed by atoms with Crippen LogP contribution < -0.4 is 4.90 Å². The molecule has 1 aromatic heterocycles. The number of hydrogen-bond donors (Lipinski definition) is 0. The van der Waals surface area contributed by atoms with Gasteiger partial charge < -0.3 is 14.4 Å². The lowest BCUT2D eigenvalue weighted by atomic mass is 9.62. The number of halogens is 2. The number of morpholine rings is 1. The van der Waals surface area contributed by atoms with Crippen molar-refractivity contribution in [1.82, 2.24) is 9.88 Å². The van der Waals surface area contributed by atoms with Gasteiger partial charge in [-0.3, -0.25) is 4.90 Å². The molecule has 27 heavy (non-hydrogen) atoms. The van der Waals surface area contributed by atoms with Crippen LogP contribution in [0.25, 0.3) is 0 Å². The third-order valence-corrected chi connectivity index (χ3v) is 6.94. The van der Waals surface area contributed by atoms with Crippen molar-refractivity contribution in [2.24, 2.45) is 11.3 Å². The highest BCUT2D eigenvalue weighted by molar-refractivity contribution is 6.30. The molecule has 5 nitrogen and oxygen atoms in total. The molecule has 4 rings (SSSR count). The molecule has 3 fully saturated rings. The summed E-state index contributed by atoms with van der Waals surface area (Å²) >= 11 is 5.88. The molecule has 1 saturated carbocycles. The van der Waals surface area contributed by atoms with Gasteiger partial charge in [0.25, 0.3) is 0 Å². The van der Waals surface area contributed by atoms with E-state index in [2.05, 4.69) is 14.8 Å². The Balaban J connectivity index is 1.50. The first kappa shape index (κ1) is 19.4. The lowest BCUT2D eigenvalue weighted by molar-refractivity contribution is -0.0540. The number of anilines is 1. The molecule has 3 atom stereocenters. The van der Waals surface area contributed by atoms with Gasteiger partial charge in [-0.15, -0.1) is 0 Å². The predicted molar refractivity (Wildman–Crippen MR) is 104 cm³/mol. The van der Waals surface area contributed by atoms with Gasteiger partial charge in [0, 0.05) is 50.9 Å². The van der Waals surface area contributed by atoms with Gasteiger partial charge in [0.1, 0.15) is 0 Å². The number of hydrogen-bond acceptors (Lipinski definition) is 5. The van der Waals surface area contributed by atoms with Crippen molar-refractivity contribution >= 4 is 17.4 Å². The Morgan fingerprint density at radius 3 is 2.89 bits per heavy atom. The van der Waals surface area contributed by atoms with Crippen molar-refractivity contribution in [3.8, 4) is 0 Å². The maximum absolute atomic E-state index is 14.4. The topological polar surface area (TPSA) is 37.8 Å². The van der Waals surface area contributed by atoms with Crippen LogP contribution in [0.1, 0.15) is 25.7 Å². The van der Waals surface area contributed by atoms with E-state index in [4.69, 9.17) is 21.1 Å². The summed E-state index contributed by atoms with van der Waals surface area (Å²) in [6, 6.07) is 2.00. The third-order valence-electron chi connectivity index (χ3n) is 6.73. The summed E-state index contributed by atoms with van der Waals surface area (Å²) < 4.78 is 25.6. The fraction of sp³-hybridized carbons (Fsp3) is 0.750. The number of pyridine rings is 1. The first-order valence-electron chi connectivity index (χ1n) is 9.98. The van der Waals surface area contributed by atoms with E-state index >= 15 is 0 Å². The van der Waals surface area contributed by atoms with E-state index in [0.29, 0.717) is 22.8 Å². The summed E-state index contributed by atoms with van der Waals surface area (Å²) in [7, 11) is 1.78. The molecule has 0 aromatic carbocycles. The molecule has 2 aliphatic heterocycles. The highest BCUT2D eigenvalue weighted by Crippen LogP contribution is 2.48. The second-order valence-electron chi connectivity index (χ2n) is 8.24. The molecular formula is C20H29ClFN3O2. The molecule has 1 aliphatic carbocycles. The van der Waals surface area contributed by atoms with Crippen LogP contribution in [0.5, 0.6) is 0 Å². The maximum Gasteiger partial charge on any atom is 0.167 e. The second kappa shape index (κ2) is 8.19. The van der Waals surface area contributed by atoms with Crippen LogP contribution in [-0.2, 0) is 9.47 Å². The van der Waals surface area contributed by atoms with Gasteiger partial charge in [0.05, 0.1) is 24.8 Å². The first-order chi connectivity index (χ1) is 13.1. The van der Waals surface area contributed by atoms with E-state index in [0.717, 1.165) is 58.8 Å². The highest BCUT2D eigenvalue weighted by atomic mass is 35.5. The van der Waals surface area contributed by atoms with Crippen LogP contribution in [0.15, 0.2) is 12.3 Å². The van der Waals surface area contributed by atoms with Gasteiger partial charge in [-0.2, -0.15) is 0 Å². The number of fused-ring (bicyclic) bond motifs is 1. The number of aromatic nitrogens is 1. The largest absolute Gasteiger partial charge is 0.384 e. The third kappa shape index (κ3) is 3.95. The molecule has 7 heteroatoms. The number of rotatable bonds is 4. The van der Waals surface area contributed by atoms with Gasteiger partial charge >= 0.3 is 0 Å². The highest BCUT2D eigenvalue weighted by Gasteiger charge is 2.48. The Hall–Kier alpha value is -0.950. The van der Waals surface area contributed by atoms with Crippen LogP contribution in [0.2, 0.25) is 5.02 Å². The SMILES string of the molecule is COCC12CCC(N3CCOCC3)CC1CCN(c1ncc(Cl)cc1F)C2. The second-order valence-corrected chi connectivity index (χ2v) is 8.67. The summed E-state index contributed by atoms with van der Waals surface area (Å²) in [6.45, 7) is 6.13. The van der Waals surface area contributed by atoms with Crippen LogP contribution >= 0.6 is 11.6 Å². The molecule has 3 unspecified atom stereocenters. The monoisotopic (exact) mass is 397 g/mol. The fourth-order valence-electron chi connectivity index (χ4n) is 5.38. The standard InChI is InChI=1S/C20H29ClFN3O2/c1-26-14-20-4-2-17(24-6-8-27-9-7-24)10-15(20)3-5-25(13-20)19-18(22)11-16(21)12-23-19/h11-12,15,17H,2-10,13-14H2,1H3. The fourth-order valence-corrected chi connectivity index (χ4v) is 5.52. The average Bonchev–Trinajstić information content (AvgIpc) is 2.68. The van der Waals surface area contributed by atoms with Gasteiger partial charge in [-0.05, 0) is 37.7 Å². The van der Waals surface area contributed by atoms with Crippen molar-refractivity contribution in [2.45, 2.75) is 31.7 Å². The molecular weight excluding hydrogens is 369 g/mol. The van der Waals surface area contributed by atoms with Crippen molar-refractivity contribution < 1.29 is 13.9 Å². The van der Waals surface area contributed by atoms with Crippen LogP contribution in [0.4, 0.5) is 10.2 Å². The van der Waals surface area contributed by atoms with E-state index in [-0.39, 0.29) is 11.2 Å². The number of nitrogens with zero attached hydrogens (tertiary/aromatic N) is 3. The molecule has 0 radical (unpaired) electrons. The Kier molecular flexibility index (Phi) is 5.88. The summed E-state index contributed by atoms with van der Waals surface area (Å²) in [5, 5.41) is 0.337. The number of ether oxygens (including phenoxy) is 2. The summed E-state index contributed by atoms with van der Waals surface area (Å²) in [5.41, 5.74) is 0.0730. The number of piperidine rings is 1. The molecule has 0 amide bonds. The lowest BCUT2D eigenvalue weighted by Crippen LogP contribution is -2.57. The Bertz CT molecular complexity index is 658. The average molecular weight is 398 g/mol. The van der Waals surface area contributed by atoms with Crippen molar-refractivity contribution in [1.29, 1.82) is 0 Å². The molecule has 0 spiro atoms. The lowest BCUT2D eigenvalue weighted by Gasteiger charge is -2.54. The molecule has 3 aliphatic rings. The molecule has 3 heterocycles. The molecule has 1 aromatic rings. The summed E-state index contributed by atoms with van der Waals surface area (Å²) in [4.78, 5) is 8.97. The minimum absolute atomic E-state index is 0.0730. The van der Waals surface area contributed by atoms with E-state index in [1.165, 1.54) is 25.1 Å². The van der Waals surface area contributed by atoms with Crippen molar-refractivity contribution in [2.75, 3.05) is 58.0 Å². The minimum atomic E-state index is -0.337. The van der Waals surface area contributed by atoms with E-state index in [9.17, 15) is 4.39 Å². The van der Waals surface area contributed by atoms with Crippen LogP contribution in [0.3, 0.4) is 0 Å². The number of methoxy groups -OCH3 is 1. The summed E-state index contributed by atoms with van der Waals surface area (Å²) in [6.07, 6.45) is 6.07. The zero-order chi connectivity index (χ0) is 18.9. The minimum Gasteiger partial charge on any atom is -0.384 e. The maximum atomic E-state index is 14.4. The Morgan fingerprint density at radius 1 is 1.33 bits per heavy atom.